The molecule has 4 nitrogen and oxygen atoms in total. The molecule has 0 fully saturated rings. The third-order valence-electron chi connectivity index (χ3n) is 3.81. The van der Waals surface area contributed by atoms with Crippen LogP contribution in [0.3, 0.4) is 0 Å². The van der Waals surface area contributed by atoms with Crippen LogP contribution in [-0.2, 0) is 11.3 Å². The van der Waals surface area contributed by atoms with Gasteiger partial charge in [-0.3, -0.25) is 4.79 Å². The predicted molar refractivity (Wildman–Crippen MR) is 80.0 cm³/mol. The van der Waals surface area contributed by atoms with E-state index in [1.165, 1.54) is 0 Å². The molecule has 1 rings (SSSR count). The molecule has 0 saturated carbocycles. The van der Waals surface area contributed by atoms with Crippen LogP contribution in [0.1, 0.15) is 39.2 Å². The fourth-order valence-electron chi connectivity index (χ4n) is 2.24. The average molecular weight is 279 g/mol. The van der Waals surface area contributed by atoms with Gasteiger partial charge >= 0.3 is 5.97 Å². The number of carboxylic acid groups (broad SMARTS) is 1. The molecule has 1 aromatic rings. The molecule has 2 N–H and O–H groups in total. The van der Waals surface area contributed by atoms with Crippen LogP contribution in [0.2, 0.25) is 0 Å². The van der Waals surface area contributed by atoms with Gasteiger partial charge in [-0.25, -0.2) is 0 Å². The summed E-state index contributed by atoms with van der Waals surface area (Å²) < 4.78 is 5.45. The molecule has 4 heteroatoms. The summed E-state index contributed by atoms with van der Waals surface area (Å²) in [6.07, 6.45) is 1.26. The van der Waals surface area contributed by atoms with Crippen LogP contribution < -0.4 is 10.1 Å². The van der Waals surface area contributed by atoms with Crippen molar-refractivity contribution in [1.29, 1.82) is 0 Å². The molecule has 112 valence electrons. The van der Waals surface area contributed by atoms with Crippen molar-refractivity contribution in [3.05, 3.63) is 29.8 Å². The first-order valence-electron chi connectivity index (χ1n) is 7.23. The summed E-state index contributed by atoms with van der Waals surface area (Å²) in [5.41, 5.74) is 0.430. The summed E-state index contributed by atoms with van der Waals surface area (Å²) in [4.78, 5) is 11.4. The molecule has 0 aliphatic rings. The first kappa shape index (κ1) is 16.5. The second-order valence-corrected chi connectivity index (χ2v) is 4.98. The largest absolute Gasteiger partial charge is 0.494 e. The fraction of sp³-hybridized carbons (Fsp3) is 0.562. The highest BCUT2D eigenvalue weighted by atomic mass is 16.5. The Morgan fingerprint density at radius 3 is 2.55 bits per heavy atom. The number of hydrogen-bond donors (Lipinski definition) is 2. The van der Waals surface area contributed by atoms with Gasteiger partial charge in [-0.1, -0.05) is 26.0 Å². The Labute approximate surface area is 121 Å². The number of carboxylic acids is 1. The molecule has 0 spiro atoms. The third kappa shape index (κ3) is 4.23. The van der Waals surface area contributed by atoms with Crippen LogP contribution in [-0.4, -0.2) is 24.2 Å². The van der Waals surface area contributed by atoms with E-state index in [9.17, 15) is 9.90 Å². The maximum absolute atomic E-state index is 11.4. The molecule has 0 saturated heterocycles. The van der Waals surface area contributed by atoms with E-state index in [1.807, 2.05) is 45.0 Å². The van der Waals surface area contributed by atoms with Crippen LogP contribution in [0.4, 0.5) is 0 Å². The van der Waals surface area contributed by atoms with Gasteiger partial charge in [-0.15, -0.1) is 0 Å². The SMILES string of the molecule is CCOc1cccc(CNCC(CC)(CC)C(=O)O)c1. The van der Waals surface area contributed by atoms with Crippen molar-refractivity contribution < 1.29 is 14.6 Å². The lowest BCUT2D eigenvalue weighted by molar-refractivity contribution is -0.149. The standard InChI is InChI=1S/C16H25NO3/c1-4-16(5-2,15(18)19)12-17-11-13-8-7-9-14(10-13)20-6-3/h7-10,17H,4-6,11-12H2,1-3H3,(H,18,19). The highest BCUT2D eigenvalue weighted by Gasteiger charge is 2.34. The number of hydrogen-bond acceptors (Lipinski definition) is 3. The Morgan fingerprint density at radius 2 is 2.00 bits per heavy atom. The van der Waals surface area contributed by atoms with Gasteiger partial charge in [0.05, 0.1) is 12.0 Å². The molecule has 0 amide bonds. The van der Waals surface area contributed by atoms with Crippen molar-refractivity contribution in [3.63, 3.8) is 0 Å². The summed E-state index contributed by atoms with van der Waals surface area (Å²) >= 11 is 0. The lowest BCUT2D eigenvalue weighted by atomic mass is 9.82. The predicted octanol–water partition coefficient (Wildman–Crippen LogP) is 3.07. The number of rotatable bonds is 9. The first-order valence-corrected chi connectivity index (χ1v) is 7.23. The quantitative estimate of drug-likeness (QED) is 0.729. The van der Waals surface area contributed by atoms with Gasteiger partial charge < -0.3 is 15.2 Å². The molecule has 0 radical (unpaired) electrons. The fourth-order valence-corrected chi connectivity index (χ4v) is 2.24. The molecule has 20 heavy (non-hydrogen) atoms. The van der Waals surface area contributed by atoms with E-state index in [1.54, 1.807) is 0 Å². The Hall–Kier alpha value is -1.55. The maximum Gasteiger partial charge on any atom is 0.310 e. The average Bonchev–Trinajstić information content (AvgIpc) is 2.44. The van der Waals surface area contributed by atoms with E-state index in [2.05, 4.69) is 5.32 Å². The number of ether oxygens (including phenoxy) is 1. The number of nitrogens with one attached hydrogen (secondary N) is 1. The molecule has 0 aromatic heterocycles. The van der Waals surface area contributed by atoms with Crippen LogP contribution in [0.5, 0.6) is 5.75 Å². The Morgan fingerprint density at radius 1 is 1.30 bits per heavy atom. The Kier molecular flexibility index (Phi) is 6.52. The molecule has 0 bridgehead atoms. The van der Waals surface area contributed by atoms with E-state index in [-0.39, 0.29) is 0 Å². The molecular formula is C16H25NO3. The molecule has 0 aliphatic heterocycles. The van der Waals surface area contributed by atoms with Crippen molar-refractivity contribution in [1.82, 2.24) is 5.32 Å². The lowest BCUT2D eigenvalue weighted by Gasteiger charge is -2.27. The zero-order chi connectivity index (χ0) is 15.0. The molecule has 0 aliphatic carbocycles. The van der Waals surface area contributed by atoms with Crippen molar-refractivity contribution in [3.8, 4) is 5.75 Å². The summed E-state index contributed by atoms with van der Waals surface area (Å²) in [6.45, 7) is 7.58. The Bertz CT molecular complexity index is 427. The van der Waals surface area contributed by atoms with Crippen LogP contribution in [0.25, 0.3) is 0 Å². The third-order valence-corrected chi connectivity index (χ3v) is 3.81. The van der Waals surface area contributed by atoms with Crippen LogP contribution in [0.15, 0.2) is 24.3 Å². The van der Waals surface area contributed by atoms with Gasteiger partial charge in [0.1, 0.15) is 5.75 Å². The normalized spacial score (nSPS) is 11.3. The van der Waals surface area contributed by atoms with E-state index in [4.69, 9.17) is 4.74 Å². The second kappa shape index (κ2) is 7.90. The topological polar surface area (TPSA) is 58.6 Å². The monoisotopic (exact) mass is 279 g/mol. The van der Waals surface area contributed by atoms with Crippen molar-refractivity contribution >= 4 is 5.97 Å². The number of benzene rings is 1. The van der Waals surface area contributed by atoms with Crippen LogP contribution in [0, 0.1) is 5.41 Å². The Balaban J connectivity index is 2.58. The van der Waals surface area contributed by atoms with Gasteiger partial charge in [0.25, 0.3) is 0 Å². The number of aliphatic carboxylic acids is 1. The minimum Gasteiger partial charge on any atom is -0.494 e. The molecule has 1 aromatic carbocycles. The van der Waals surface area contributed by atoms with Gasteiger partial charge in [0.2, 0.25) is 0 Å². The molecule has 0 atom stereocenters. The van der Waals surface area contributed by atoms with E-state index in [0.717, 1.165) is 11.3 Å². The van der Waals surface area contributed by atoms with Crippen molar-refractivity contribution in [2.75, 3.05) is 13.2 Å². The van der Waals surface area contributed by atoms with Gasteiger partial charge in [-0.2, -0.15) is 0 Å². The summed E-state index contributed by atoms with van der Waals surface area (Å²) in [5.74, 6) is 0.125. The summed E-state index contributed by atoms with van der Waals surface area (Å²) in [6, 6.07) is 7.87. The maximum atomic E-state index is 11.4. The molecule has 0 heterocycles. The molecular weight excluding hydrogens is 254 g/mol. The first-order chi connectivity index (χ1) is 9.57. The van der Waals surface area contributed by atoms with Crippen molar-refractivity contribution in [2.24, 2.45) is 5.41 Å². The highest BCUT2D eigenvalue weighted by Crippen LogP contribution is 2.25. The number of carbonyl (C=O) groups is 1. The van der Waals surface area contributed by atoms with Crippen molar-refractivity contribution in [2.45, 2.75) is 40.2 Å². The minimum atomic E-state index is -0.724. The smallest absolute Gasteiger partial charge is 0.310 e. The second-order valence-electron chi connectivity index (χ2n) is 4.98. The molecule has 0 unspecified atom stereocenters. The van der Waals surface area contributed by atoms with Gasteiger partial charge in [0.15, 0.2) is 0 Å². The summed E-state index contributed by atoms with van der Waals surface area (Å²) in [7, 11) is 0. The van der Waals surface area contributed by atoms with E-state index < -0.39 is 11.4 Å². The zero-order valence-corrected chi connectivity index (χ0v) is 12.6. The minimum absolute atomic E-state index is 0.480. The van der Waals surface area contributed by atoms with Gasteiger partial charge in [-0.05, 0) is 37.5 Å². The lowest BCUT2D eigenvalue weighted by Crippen LogP contribution is -2.40. The van der Waals surface area contributed by atoms with E-state index >= 15 is 0 Å². The zero-order valence-electron chi connectivity index (χ0n) is 12.6. The van der Waals surface area contributed by atoms with E-state index in [0.29, 0.717) is 32.5 Å². The summed E-state index contributed by atoms with van der Waals surface area (Å²) in [5, 5.41) is 12.6. The van der Waals surface area contributed by atoms with Gasteiger partial charge in [0, 0.05) is 13.1 Å². The highest BCUT2D eigenvalue weighted by molar-refractivity contribution is 5.74. The van der Waals surface area contributed by atoms with Crippen LogP contribution >= 0.6 is 0 Å².